The number of amides is 2. The number of hydrogen-bond donors (Lipinski definition) is 2. The predicted octanol–water partition coefficient (Wildman–Crippen LogP) is 2.36. The van der Waals surface area contributed by atoms with Gasteiger partial charge in [-0.2, -0.15) is 5.10 Å². The van der Waals surface area contributed by atoms with Crippen LogP contribution in [0.15, 0.2) is 59.4 Å². The van der Waals surface area contributed by atoms with Crippen LogP contribution in [0.2, 0.25) is 0 Å². The molecule has 2 amide bonds. The fourth-order valence-corrected chi connectivity index (χ4v) is 3.45. The average Bonchev–Trinajstić information content (AvgIpc) is 2.86. The summed E-state index contributed by atoms with van der Waals surface area (Å²) in [5.74, 6) is -1.57. The smallest absolute Gasteiger partial charge is 0.276 e. The van der Waals surface area contributed by atoms with E-state index >= 15 is 0 Å². The lowest BCUT2D eigenvalue weighted by atomic mass is 10.1. The standard InChI is InChI=1S/C22H19FN4O3/c1-13-11-19(28)20(26-27(13)16-7-4-6-15(23)12-16)22(30)25-18-10-9-14-5-2-3-8-17(14)24-21(18)29/h2-8,11-12,18H,9-10H2,1H3,(H,24,29)(H,25,30). The monoisotopic (exact) mass is 406 g/mol. The van der Waals surface area contributed by atoms with E-state index < -0.39 is 23.2 Å². The molecule has 0 radical (unpaired) electrons. The van der Waals surface area contributed by atoms with E-state index in [2.05, 4.69) is 15.7 Å². The molecule has 30 heavy (non-hydrogen) atoms. The molecule has 0 saturated carbocycles. The number of nitrogens with zero attached hydrogens (tertiary/aromatic N) is 2. The summed E-state index contributed by atoms with van der Waals surface area (Å²) in [4.78, 5) is 37.7. The number of anilines is 1. The van der Waals surface area contributed by atoms with Crippen LogP contribution in [0.25, 0.3) is 5.69 Å². The quantitative estimate of drug-likeness (QED) is 0.698. The van der Waals surface area contributed by atoms with E-state index in [1.807, 2.05) is 18.2 Å². The van der Waals surface area contributed by atoms with E-state index in [1.165, 1.54) is 28.9 Å². The maximum absolute atomic E-state index is 13.6. The third-order valence-corrected chi connectivity index (χ3v) is 4.97. The number of carbonyl (C=O) groups is 2. The number of halogens is 1. The summed E-state index contributed by atoms with van der Waals surface area (Å²) in [5, 5.41) is 9.54. The Hall–Kier alpha value is -3.81. The first-order valence-corrected chi connectivity index (χ1v) is 9.49. The largest absolute Gasteiger partial charge is 0.339 e. The minimum atomic E-state index is -0.810. The molecule has 1 aliphatic heterocycles. The van der Waals surface area contributed by atoms with Gasteiger partial charge >= 0.3 is 0 Å². The van der Waals surface area contributed by atoms with Crippen molar-refractivity contribution in [3.8, 4) is 5.69 Å². The highest BCUT2D eigenvalue weighted by atomic mass is 19.1. The van der Waals surface area contributed by atoms with Crippen molar-refractivity contribution < 1.29 is 14.0 Å². The number of hydrogen-bond acceptors (Lipinski definition) is 4. The first-order chi connectivity index (χ1) is 14.4. The average molecular weight is 406 g/mol. The molecule has 2 N–H and O–H groups in total. The highest BCUT2D eigenvalue weighted by Crippen LogP contribution is 2.21. The number of carbonyl (C=O) groups excluding carboxylic acids is 2. The second kappa shape index (κ2) is 7.90. The van der Waals surface area contributed by atoms with Crippen LogP contribution in [0.1, 0.15) is 28.2 Å². The fourth-order valence-electron chi connectivity index (χ4n) is 3.45. The number of aromatic nitrogens is 2. The van der Waals surface area contributed by atoms with E-state index in [0.717, 1.165) is 5.56 Å². The highest BCUT2D eigenvalue weighted by molar-refractivity contribution is 6.01. The Morgan fingerprint density at radius 2 is 1.97 bits per heavy atom. The zero-order valence-electron chi connectivity index (χ0n) is 16.2. The molecule has 0 fully saturated rings. The Bertz CT molecular complexity index is 1200. The van der Waals surface area contributed by atoms with Gasteiger partial charge < -0.3 is 10.6 Å². The van der Waals surface area contributed by atoms with Crippen molar-refractivity contribution in [1.29, 1.82) is 0 Å². The second-order valence-corrected chi connectivity index (χ2v) is 7.10. The van der Waals surface area contributed by atoms with Gasteiger partial charge in [0.15, 0.2) is 5.69 Å². The molecule has 152 valence electrons. The molecule has 0 bridgehead atoms. The summed E-state index contributed by atoms with van der Waals surface area (Å²) >= 11 is 0. The van der Waals surface area contributed by atoms with Gasteiger partial charge in [-0.05, 0) is 49.6 Å². The molecular weight excluding hydrogens is 387 g/mol. The normalized spacial score (nSPS) is 15.7. The maximum atomic E-state index is 13.6. The van der Waals surface area contributed by atoms with Crippen LogP contribution in [0.4, 0.5) is 10.1 Å². The summed E-state index contributed by atoms with van der Waals surface area (Å²) in [6.45, 7) is 1.64. The van der Waals surface area contributed by atoms with Crippen molar-refractivity contribution in [1.82, 2.24) is 15.1 Å². The molecule has 7 nitrogen and oxygen atoms in total. The van der Waals surface area contributed by atoms with E-state index in [0.29, 0.717) is 29.9 Å². The molecule has 1 unspecified atom stereocenters. The Morgan fingerprint density at radius 3 is 2.77 bits per heavy atom. The van der Waals surface area contributed by atoms with Gasteiger partial charge in [-0.3, -0.25) is 14.4 Å². The molecule has 0 spiro atoms. The van der Waals surface area contributed by atoms with Crippen LogP contribution in [-0.2, 0) is 11.2 Å². The molecule has 1 aromatic heterocycles. The molecule has 1 aliphatic rings. The van der Waals surface area contributed by atoms with Gasteiger partial charge in [0.25, 0.3) is 5.91 Å². The molecule has 2 heterocycles. The van der Waals surface area contributed by atoms with E-state index in [-0.39, 0.29) is 11.6 Å². The fraction of sp³-hybridized carbons (Fsp3) is 0.182. The lowest BCUT2D eigenvalue weighted by Crippen LogP contribution is -2.45. The summed E-state index contributed by atoms with van der Waals surface area (Å²) in [5.41, 5.74) is 1.58. The Balaban J connectivity index is 1.60. The Labute approximate surface area is 171 Å². The molecule has 3 aromatic rings. The number of fused-ring (bicyclic) bond motifs is 1. The van der Waals surface area contributed by atoms with Gasteiger partial charge in [-0.25, -0.2) is 9.07 Å². The number of rotatable bonds is 3. The minimum Gasteiger partial charge on any atom is -0.339 e. The van der Waals surface area contributed by atoms with Crippen molar-refractivity contribution in [2.75, 3.05) is 5.32 Å². The molecule has 4 rings (SSSR count). The maximum Gasteiger partial charge on any atom is 0.276 e. The number of nitrogens with one attached hydrogen (secondary N) is 2. The van der Waals surface area contributed by atoms with Crippen molar-refractivity contribution in [2.45, 2.75) is 25.8 Å². The number of benzene rings is 2. The third-order valence-electron chi connectivity index (χ3n) is 4.97. The SMILES string of the molecule is Cc1cc(=O)c(C(=O)NC2CCc3ccccc3NC2=O)nn1-c1cccc(F)c1. The van der Waals surface area contributed by atoms with Gasteiger partial charge in [0, 0.05) is 17.4 Å². The zero-order valence-corrected chi connectivity index (χ0v) is 16.2. The molecule has 1 atom stereocenters. The molecule has 8 heteroatoms. The van der Waals surface area contributed by atoms with Crippen molar-refractivity contribution in [3.63, 3.8) is 0 Å². The Kier molecular flexibility index (Phi) is 5.14. The zero-order chi connectivity index (χ0) is 21.3. The van der Waals surface area contributed by atoms with Crippen LogP contribution in [-0.4, -0.2) is 27.6 Å². The Morgan fingerprint density at radius 1 is 1.17 bits per heavy atom. The van der Waals surface area contributed by atoms with Crippen molar-refractivity contribution in [2.24, 2.45) is 0 Å². The van der Waals surface area contributed by atoms with Gasteiger partial charge in [-0.15, -0.1) is 0 Å². The summed E-state index contributed by atoms with van der Waals surface area (Å²) in [6, 6.07) is 13.5. The number of aryl methyl sites for hydroxylation is 2. The first kappa shape index (κ1) is 19.5. The van der Waals surface area contributed by atoms with Crippen molar-refractivity contribution in [3.05, 3.63) is 87.6 Å². The van der Waals surface area contributed by atoms with Crippen LogP contribution >= 0.6 is 0 Å². The minimum absolute atomic E-state index is 0.356. The van der Waals surface area contributed by atoms with E-state index in [9.17, 15) is 18.8 Å². The van der Waals surface area contributed by atoms with Gasteiger partial charge in [0.1, 0.15) is 11.9 Å². The topological polar surface area (TPSA) is 93.1 Å². The predicted molar refractivity (Wildman–Crippen MR) is 109 cm³/mol. The molecule has 2 aromatic carbocycles. The summed E-state index contributed by atoms with van der Waals surface area (Å²) < 4.78 is 14.9. The lowest BCUT2D eigenvalue weighted by molar-refractivity contribution is -0.118. The van der Waals surface area contributed by atoms with Gasteiger partial charge in [0.05, 0.1) is 5.69 Å². The second-order valence-electron chi connectivity index (χ2n) is 7.10. The van der Waals surface area contributed by atoms with Crippen LogP contribution in [0.3, 0.4) is 0 Å². The van der Waals surface area contributed by atoms with Gasteiger partial charge in [-0.1, -0.05) is 24.3 Å². The summed E-state index contributed by atoms with van der Waals surface area (Å²) in [7, 11) is 0. The van der Waals surface area contributed by atoms with Gasteiger partial charge in [0.2, 0.25) is 11.3 Å². The van der Waals surface area contributed by atoms with E-state index in [4.69, 9.17) is 0 Å². The molecular formula is C22H19FN4O3. The van der Waals surface area contributed by atoms with Crippen LogP contribution < -0.4 is 16.1 Å². The van der Waals surface area contributed by atoms with Crippen LogP contribution in [0.5, 0.6) is 0 Å². The summed E-state index contributed by atoms with van der Waals surface area (Å²) in [6.07, 6.45) is 0.979. The first-order valence-electron chi connectivity index (χ1n) is 9.49. The van der Waals surface area contributed by atoms with Crippen LogP contribution in [0, 0.1) is 12.7 Å². The molecule has 0 aliphatic carbocycles. The molecule has 0 saturated heterocycles. The lowest BCUT2D eigenvalue weighted by Gasteiger charge is -2.16. The van der Waals surface area contributed by atoms with E-state index in [1.54, 1.807) is 19.1 Å². The van der Waals surface area contributed by atoms with Crippen molar-refractivity contribution >= 4 is 17.5 Å². The highest BCUT2D eigenvalue weighted by Gasteiger charge is 2.27. The number of para-hydroxylation sites is 1. The third kappa shape index (κ3) is 3.84.